The topological polar surface area (TPSA) is 101 Å². The van der Waals surface area contributed by atoms with Crippen molar-refractivity contribution in [2.45, 2.75) is 13.3 Å². The number of hydrogen-bond acceptors (Lipinski definition) is 5. The van der Waals surface area contributed by atoms with Crippen molar-refractivity contribution in [1.82, 2.24) is 14.7 Å². The third-order valence-corrected chi connectivity index (χ3v) is 4.16. The van der Waals surface area contributed by atoms with Crippen LogP contribution in [0.5, 0.6) is 0 Å². The van der Waals surface area contributed by atoms with Crippen molar-refractivity contribution < 1.29 is 6.22 Å². The summed E-state index contributed by atoms with van der Waals surface area (Å²) < 4.78 is 0. The van der Waals surface area contributed by atoms with E-state index in [9.17, 15) is 4.79 Å². The number of carbonyl (C=O) groups is 1. The predicted octanol–water partition coefficient (Wildman–Crippen LogP) is 1.07. The molecule has 0 aliphatic carbocycles. The number of carbonyl (C=O) groups excluding carboxylic acids is 1. The lowest BCUT2D eigenvalue weighted by atomic mass is 10.0. The first-order valence-corrected chi connectivity index (χ1v) is 8.19. The van der Waals surface area contributed by atoms with E-state index in [1.54, 1.807) is 6.08 Å². The second kappa shape index (κ2) is 9.29. The highest BCUT2D eigenvalue weighted by atomic mass is 32.1. The summed E-state index contributed by atoms with van der Waals surface area (Å²) in [4.78, 5) is 17.0. The Bertz CT molecular complexity index is 569. The van der Waals surface area contributed by atoms with Crippen LogP contribution in [0.1, 0.15) is 14.8 Å². The molecular weight excluding hydrogens is 324 g/mol. The monoisotopic (exact) mass is 352 g/mol. The van der Waals surface area contributed by atoms with Gasteiger partial charge >= 0.3 is 0 Å². The Balaban J connectivity index is 0.000000465. The van der Waals surface area contributed by atoms with Gasteiger partial charge in [0.25, 0.3) is 0 Å². The van der Waals surface area contributed by atoms with Gasteiger partial charge < -0.3 is 25.8 Å². The van der Waals surface area contributed by atoms with Crippen molar-refractivity contribution in [2.75, 3.05) is 39.8 Å². The molecule has 2 aliphatic rings. The molecule has 0 aromatic rings. The Morgan fingerprint density at radius 2 is 1.88 bits per heavy atom. The Kier molecular flexibility index (Phi) is 7.73. The SMILES string of the molecule is C=C/C=C1\C(=N)C(=N)CCN1C(C)=O.CN1CCN(C(N)=S)CC1.[HH]. The number of piperazine rings is 1. The lowest BCUT2D eigenvalue weighted by molar-refractivity contribution is -0.126. The number of nitrogens with zero attached hydrogens (tertiary/aromatic N) is 3. The molecule has 2 rings (SSSR count). The zero-order valence-electron chi connectivity index (χ0n) is 14.3. The first-order chi connectivity index (χ1) is 11.3. The minimum Gasteiger partial charge on any atom is -0.376 e. The Hall–Kier alpha value is -2.06. The summed E-state index contributed by atoms with van der Waals surface area (Å²) in [6.45, 7) is 9.56. The zero-order chi connectivity index (χ0) is 18.3. The van der Waals surface area contributed by atoms with Gasteiger partial charge in [0.1, 0.15) is 0 Å². The molecule has 0 aromatic carbocycles. The van der Waals surface area contributed by atoms with Gasteiger partial charge in [0, 0.05) is 47.5 Å². The van der Waals surface area contributed by atoms with E-state index < -0.39 is 0 Å². The number of rotatable bonds is 1. The standard InChI is InChI=1S/C10H13N3O.C6H13N3S.H2/c1-3-4-9-10(12)8(11)5-6-13(9)7(2)14;1-8-2-4-9(5-3-8)6(7)10;/h3-4,11-12H,1,5-6H2,2H3;2-5H2,1H3,(H2,7,10);1H/b9-4+,11-8?,12-10?;;. The maximum absolute atomic E-state index is 11.2. The van der Waals surface area contributed by atoms with Gasteiger partial charge in [0.05, 0.1) is 17.1 Å². The Labute approximate surface area is 150 Å². The first-order valence-electron chi connectivity index (χ1n) is 7.78. The number of piperidine rings is 1. The summed E-state index contributed by atoms with van der Waals surface area (Å²) >= 11 is 4.84. The van der Waals surface area contributed by atoms with Crippen LogP contribution in [0.3, 0.4) is 0 Å². The molecule has 0 saturated carbocycles. The number of allylic oxidation sites excluding steroid dienone is 3. The highest BCUT2D eigenvalue weighted by Gasteiger charge is 2.25. The molecule has 0 atom stereocenters. The van der Waals surface area contributed by atoms with Gasteiger partial charge in [-0.05, 0) is 25.3 Å². The summed E-state index contributed by atoms with van der Waals surface area (Å²) in [5, 5.41) is 15.7. The van der Waals surface area contributed by atoms with Gasteiger partial charge in [0.15, 0.2) is 5.11 Å². The van der Waals surface area contributed by atoms with Gasteiger partial charge in [-0.3, -0.25) is 10.2 Å². The van der Waals surface area contributed by atoms with E-state index >= 15 is 0 Å². The fourth-order valence-electron chi connectivity index (χ4n) is 2.40. The number of nitrogens with one attached hydrogen (secondary N) is 2. The smallest absolute Gasteiger partial charge is 0.223 e. The van der Waals surface area contributed by atoms with E-state index in [0.717, 1.165) is 26.2 Å². The van der Waals surface area contributed by atoms with Gasteiger partial charge in [0.2, 0.25) is 5.91 Å². The van der Waals surface area contributed by atoms with Crippen LogP contribution in [0.2, 0.25) is 0 Å². The van der Waals surface area contributed by atoms with Crippen molar-refractivity contribution in [3.05, 3.63) is 24.4 Å². The molecule has 2 aliphatic heterocycles. The van der Waals surface area contributed by atoms with Crippen molar-refractivity contribution >= 4 is 34.7 Å². The summed E-state index contributed by atoms with van der Waals surface area (Å²) in [6.07, 6.45) is 3.57. The fraction of sp³-hybridized carbons (Fsp3) is 0.500. The predicted molar refractivity (Wildman–Crippen MR) is 104 cm³/mol. The Morgan fingerprint density at radius 3 is 2.33 bits per heavy atom. The van der Waals surface area contributed by atoms with Crippen LogP contribution < -0.4 is 5.73 Å². The minimum atomic E-state index is -0.102. The average molecular weight is 353 g/mol. The van der Waals surface area contributed by atoms with Crippen molar-refractivity contribution in [3.8, 4) is 0 Å². The fourth-order valence-corrected chi connectivity index (χ4v) is 2.58. The second-order valence-corrected chi connectivity index (χ2v) is 6.11. The van der Waals surface area contributed by atoms with Crippen LogP contribution in [0.4, 0.5) is 0 Å². The van der Waals surface area contributed by atoms with E-state index in [-0.39, 0.29) is 18.8 Å². The third-order valence-electron chi connectivity index (χ3n) is 3.90. The molecule has 7 nitrogen and oxygen atoms in total. The highest BCUT2D eigenvalue weighted by molar-refractivity contribution is 7.80. The number of likely N-dealkylation sites (tertiary alicyclic amines) is 1. The van der Waals surface area contributed by atoms with E-state index in [2.05, 4.69) is 18.5 Å². The molecule has 0 aromatic heterocycles. The van der Waals surface area contributed by atoms with Gasteiger partial charge in [-0.15, -0.1) is 0 Å². The molecule has 24 heavy (non-hydrogen) atoms. The second-order valence-electron chi connectivity index (χ2n) is 5.69. The van der Waals surface area contributed by atoms with Crippen LogP contribution in [0.15, 0.2) is 24.4 Å². The Morgan fingerprint density at radius 1 is 1.29 bits per heavy atom. The number of amides is 1. The summed E-state index contributed by atoms with van der Waals surface area (Å²) in [5.74, 6) is -0.102. The van der Waals surface area contributed by atoms with Crippen LogP contribution in [-0.2, 0) is 4.79 Å². The molecule has 4 N–H and O–H groups in total. The van der Waals surface area contributed by atoms with Crippen molar-refractivity contribution in [3.63, 3.8) is 0 Å². The normalized spacial score (nSPS) is 20.5. The maximum atomic E-state index is 11.2. The zero-order valence-corrected chi connectivity index (χ0v) is 15.2. The van der Waals surface area contributed by atoms with Crippen molar-refractivity contribution in [1.29, 1.82) is 10.8 Å². The molecule has 0 unspecified atom stereocenters. The molecule has 8 heteroatoms. The largest absolute Gasteiger partial charge is 0.376 e. The molecule has 0 spiro atoms. The summed E-state index contributed by atoms with van der Waals surface area (Å²) in [7, 11) is 2.11. The molecule has 2 fully saturated rings. The van der Waals surface area contributed by atoms with Crippen LogP contribution >= 0.6 is 12.2 Å². The molecule has 2 saturated heterocycles. The number of hydrogen-bond donors (Lipinski definition) is 3. The molecule has 134 valence electrons. The van der Waals surface area contributed by atoms with Crippen LogP contribution in [-0.4, -0.2) is 76.9 Å². The lowest BCUT2D eigenvalue weighted by Gasteiger charge is -2.32. The van der Waals surface area contributed by atoms with Crippen molar-refractivity contribution in [2.24, 2.45) is 5.73 Å². The first kappa shape index (κ1) is 20.0. The number of thiocarbonyl (C=S) groups is 1. The minimum absolute atomic E-state index is 0. The van der Waals surface area contributed by atoms with Gasteiger partial charge in [-0.25, -0.2) is 0 Å². The maximum Gasteiger partial charge on any atom is 0.223 e. The quantitative estimate of drug-likeness (QED) is 0.613. The number of likely N-dealkylation sites (N-methyl/N-ethyl adjacent to an activating group) is 1. The van der Waals surface area contributed by atoms with E-state index in [0.29, 0.717) is 23.8 Å². The van der Waals surface area contributed by atoms with Crippen LogP contribution in [0.25, 0.3) is 0 Å². The third kappa shape index (κ3) is 5.54. The highest BCUT2D eigenvalue weighted by Crippen LogP contribution is 2.15. The van der Waals surface area contributed by atoms with E-state index in [1.807, 2.05) is 4.90 Å². The van der Waals surface area contributed by atoms with Gasteiger partial charge in [-0.1, -0.05) is 12.7 Å². The van der Waals surface area contributed by atoms with Gasteiger partial charge in [-0.2, -0.15) is 0 Å². The molecule has 2 heterocycles. The van der Waals surface area contributed by atoms with E-state index in [4.69, 9.17) is 28.8 Å². The number of nitrogens with two attached hydrogens (primary N) is 1. The summed E-state index contributed by atoms with van der Waals surface area (Å²) in [6, 6.07) is 0. The molecular formula is C16H28N6OS. The van der Waals surface area contributed by atoms with E-state index in [1.165, 1.54) is 17.9 Å². The average Bonchev–Trinajstić information content (AvgIpc) is 2.53. The molecule has 0 bridgehead atoms. The lowest BCUT2D eigenvalue weighted by Crippen LogP contribution is -2.48. The molecule has 0 radical (unpaired) electrons. The summed E-state index contributed by atoms with van der Waals surface area (Å²) in [5.41, 5.74) is 6.32. The molecule has 1 amide bonds. The van der Waals surface area contributed by atoms with Crippen LogP contribution in [0, 0.1) is 10.8 Å².